The highest BCUT2D eigenvalue weighted by molar-refractivity contribution is 5.73. The first-order valence-corrected chi connectivity index (χ1v) is 7.53. The molecule has 1 aliphatic rings. The number of carboxylic acids is 1. The van der Waals surface area contributed by atoms with Crippen LogP contribution < -0.4 is 10.5 Å². The van der Waals surface area contributed by atoms with Crippen LogP contribution in [-0.2, 0) is 11.3 Å². The van der Waals surface area contributed by atoms with Crippen molar-refractivity contribution < 1.29 is 9.90 Å². The van der Waals surface area contributed by atoms with Crippen molar-refractivity contribution in [3.05, 3.63) is 22.7 Å². The summed E-state index contributed by atoms with van der Waals surface area (Å²) in [5, 5.41) is 9.13. The molecule has 0 aliphatic heterocycles. The standard InChI is InChI=1S/C15H23N3O3/c1-11(2)9-17-8-7-16-14(15(17)21)18(10-13(19)20)12-5-3-4-6-12/h7-8,11-12H,3-6,9-10H2,1-2H3,(H,19,20). The largest absolute Gasteiger partial charge is 0.480 e. The van der Waals surface area contributed by atoms with Crippen molar-refractivity contribution in [3.8, 4) is 0 Å². The van der Waals surface area contributed by atoms with E-state index in [2.05, 4.69) is 4.98 Å². The highest BCUT2D eigenvalue weighted by Gasteiger charge is 2.27. The molecule has 1 fully saturated rings. The van der Waals surface area contributed by atoms with Crippen LogP contribution in [0, 0.1) is 5.92 Å². The third-order valence-electron chi connectivity index (χ3n) is 3.80. The lowest BCUT2D eigenvalue weighted by molar-refractivity contribution is -0.135. The normalized spacial score (nSPS) is 15.6. The first-order chi connectivity index (χ1) is 9.99. The Morgan fingerprint density at radius 3 is 2.71 bits per heavy atom. The molecule has 21 heavy (non-hydrogen) atoms. The van der Waals surface area contributed by atoms with Crippen molar-refractivity contribution in [1.82, 2.24) is 9.55 Å². The lowest BCUT2D eigenvalue weighted by Gasteiger charge is -2.28. The van der Waals surface area contributed by atoms with Crippen LogP contribution in [0.25, 0.3) is 0 Å². The van der Waals surface area contributed by atoms with Crippen LogP contribution in [0.3, 0.4) is 0 Å². The smallest absolute Gasteiger partial charge is 0.323 e. The minimum atomic E-state index is -0.928. The second kappa shape index (κ2) is 6.74. The van der Waals surface area contributed by atoms with Crippen LogP contribution in [0.2, 0.25) is 0 Å². The first kappa shape index (κ1) is 15.5. The highest BCUT2D eigenvalue weighted by Crippen LogP contribution is 2.25. The molecule has 1 aromatic heterocycles. The van der Waals surface area contributed by atoms with E-state index < -0.39 is 5.97 Å². The minimum Gasteiger partial charge on any atom is -0.480 e. The Labute approximate surface area is 124 Å². The van der Waals surface area contributed by atoms with Gasteiger partial charge in [-0.05, 0) is 18.8 Å². The molecule has 0 bridgehead atoms. The van der Waals surface area contributed by atoms with Gasteiger partial charge in [-0.2, -0.15) is 0 Å². The lowest BCUT2D eigenvalue weighted by atomic mass is 10.2. The van der Waals surface area contributed by atoms with Gasteiger partial charge in [-0.1, -0.05) is 26.7 Å². The van der Waals surface area contributed by atoms with Crippen LogP contribution in [0.15, 0.2) is 17.2 Å². The van der Waals surface area contributed by atoms with E-state index in [-0.39, 0.29) is 24.0 Å². The molecule has 6 nitrogen and oxygen atoms in total. The number of hydrogen-bond donors (Lipinski definition) is 1. The summed E-state index contributed by atoms with van der Waals surface area (Å²) in [5.41, 5.74) is -0.195. The van der Waals surface area contributed by atoms with E-state index in [0.29, 0.717) is 12.5 Å². The summed E-state index contributed by atoms with van der Waals surface area (Å²) in [6.45, 7) is 4.52. The zero-order valence-corrected chi connectivity index (χ0v) is 12.7. The number of rotatable bonds is 6. The Hall–Kier alpha value is -1.85. The molecule has 1 N–H and O–H groups in total. The summed E-state index contributed by atoms with van der Waals surface area (Å²) in [6, 6.07) is 0.108. The van der Waals surface area contributed by atoms with Gasteiger partial charge < -0.3 is 14.6 Å². The second-order valence-electron chi connectivity index (χ2n) is 6.06. The van der Waals surface area contributed by atoms with Crippen LogP contribution in [0.4, 0.5) is 5.82 Å². The van der Waals surface area contributed by atoms with Crippen molar-refractivity contribution in [2.45, 2.75) is 52.1 Å². The van der Waals surface area contributed by atoms with Gasteiger partial charge in [0.25, 0.3) is 5.56 Å². The molecule has 0 radical (unpaired) electrons. The van der Waals surface area contributed by atoms with E-state index in [0.717, 1.165) is 25.7 Å². The van der Waals surface area contributed by atoms with E-state index in [9.17, 15) is 9.59 Å². The lowest BCUT2D eigenvalue weighted by Crippen LogP contribution is -2.42. The average molecular weight is 293 g/mol. The summed E-state index contributed by atoms with van der Waals surface area (Å²) >= 11 is 0. The molecule has 0 aromatic carbocycles. The second-order valence-corrected chi connectivity index (χ2v) is 6.06. The monoisotopic (exact) mass is 293 g/mol. The summed E-state index contributed by atoms with van der Waals surface area (Å²) in [4.78, 5) is 29.5. The zero-order valence-electron chi connectivity index (χ0n) is 12.7. The number of nitrogens with zero attached hydrogens (tertiary/aromatic N) is 3. The maximum atomic E-state index is 12.5. The molecular weight excluding hydrogens is 270 g/mol. The van der Waals surface area contributed by atoms with Crippen molar-refractivity contribution in [2.24, 2.45) is 5.92 Å². The Bertz CT molecular complexity index is 547. The molecule has 1 saturated carbocycles. The highest BCUT2D eigenvalue weighted by atomic mass is 16.4. The summed E-state index contributed by atoms with van der Waals surface area (Å²) in [6.07, 6.45) is 7.25. The van der Waals surface area contributed by atoms with Gasteiger partial charge in [0, 0.05) is 25.0 Å². The van der Waals surface area contributed by atoms with Crippen molar-refractivity contribution in [3.63, 3.8) is 0 Å². The van der Waals surface area contributed by atoms with E-state index in [4.69, 9.17) is 5.11 Å². The topological polar surface area (TPSA) is 75.4 Å². The Balaban J connectivity index is 2.34. The molecule has 116 valence electrons. The maximum Gasteiger partial charge on any atom is 0.323 e. The van der Waals surface area contributed by atoms with E-state index in [1.54, 1.807) is 21.9 Å². The molecule has 2 rings (SSSR count). The fraction of sp³-hybridized carbons (Fsp3) is 0.667. The van der Waals surface area contributed by atoms with Gasteiger partial charge in [0.05, 0.1) is 0 Å². The zero-order chi connectivity index (χ0) is 15.4. The molecule has 0 unspecified atom stereocenters. The Morgan fingerprint density at radius 1 is 1.48 bits per heavy atom. The Kier molecular flexibility index (Phi) is 4.98. The number of anilines is 1. The number of hydrogen-bond acceptors (Lipinski definition) is 4. The third-order valence-corrected chi connectivity index (χ3v) is 3.80. The molecule has 0 saturated heterocycles. The van der Waals surface area contributed by atoms with Gasteiger partial charge in [0.15, 0.2) is 5.82 Å². The molecular formula is C15H23N3O3. The summed E-state index contributed by atoms with van der Waals surface area (Å²) < 4.78 is 1.62. The molecule has 1 aliphatic carbocycles. The molecule has 0 amide bonds. The van der Waals surface area contributed by atoms with Crippen LogP contribution in [0.1, 0.15) is 39.5 Å². The quantitative estimate of drug-likeness (QED) is 0.864. The molecule has 6 heteroatoms. The minimum absolute atomic E-state index is 0.108. The van der Waals surface area contributed by atoms with Crippen molar-refractivity contribution in [1.29, 1.82) is 0 Å². The first-order valence-electron chi connectivity index (χ1n) is 7.53. The molecule has 0 spiro atoms. The van der Waals surface area contributed by atoms with Gasteiger partial charge in [0.1, 0.15) is 6.54 Å². The fourth-order valence-corrected chi connectivity index (χ4v) is 2.91. The molecule has 1 aromatic rings. The SMILES string of the molecule is CC(C)Cn1ccnc(N(CC(=O)O)C2CCCC2)c1=O. The predicted octanol–water partition coefficient (Wildman–Crippen LogP) is 1.73. The van der Waals surface area contributed by atoms with E-state index in [1.807, 2.05) is 13.8 Å². The van der Waals surface area contributed by atoms with Crippen LogP contribution in [0.5, 0.6) is 0 Å². The maximum absolute atomic E-state index is 12.5. The van der Waals surface area contributed by atoms with Crippen molar-refractivity contribution >= 4 is 11.8 Å². The van der Waals surface area contributed by atoms with Gasteiger partial charge in [0.2, 0.25) is 0 Å². The third kappa shape index (κ3) is 3.83. The summed E-state index contributed by atoms with van der Waals surface area (Å²) in [5.74, 6) is -0.313. The van der Waals surface area contributed by atoms with Crippen molar-refractivity contribution in [2.75, 3.05) is 11.4 Å². The molecule has 1 heterocycles. The number of aromatic nitrogens is 2. The Morgan fingerprint density at radius 2 is 2.14 bits per heavy atom. The fourth-order valence-electron chi connectivity index (χ4n) is 2.91. The number of carboxylic acid groups (broad SMARTS) is 1. The van der Waals surface area contributed by atoms with E-state index >= 15 is 0 Å². The van der Waals surface area contributed by atoms with Crippen LogP contribution >= 0.6 is 0 Å². The van der Waals surface area contributed by atoms with Gasteiger partial charge >= 0.3 is 5.97 Å². The van der Waals surface area contributed by atoms with E-state index in [1.165, 1.54) is 0 Å². The average Bonchev–Trinajstić information content (AvgIpc) is 2.92. The van der Waals surface area contributed by atoms with Crippen LogP contribution in [-0.4, -0.2) is 33.2 Å². The summed E-state index contributed by atoms with van der Waals surface area (Å²) in [7, 11) is 0. The van der Waals surface area contributed by atoms with Gasteiger partial charge in [-0.15, -0.1) is 0 Å². The molecule has 0 atom stereocenters. The predicted molar refractivity (Wildman–Crippen MR) is 80.6 cm³/mol. The number of aliphatic carboxylic acids is 1. The van der Waals surface area contributed by atoms with Gasteiger partial charge in [-0.3, -0.25) is 9.59 Å². The van der Waals surface area contributed by atoms with Gasteiger partial charge in [-0.25, -0.2) is 4.98 Å². The number of carbonyl (C=O) groups is 1.